The molecule has 5 rings (SSSR count). The van der Waals surface area contributed by atoms with Gasteiger partial charge in [0, 0.05) is 31.9 Å². The van der Waals surface area contributed by atoms with Gasteiger partial charge in [-0.15, -0.1) is 0 Å². The molecular formula is C29H37N3O5. The van der Waals surface area contributed by atoms with Gasteiger partial charge in [0.05, 0.1) is 24.0 Å². The number of aryl methyl sites for hydroxylation is 2. The zero-order valence-corrected chi connectivity index (χ0v) is 22.1. The average molecular weight is 508 g/mol. The van der Waals surface area contributed by atoms with Gasteiger partial charge in [-0.05, 0) is 37.8 Å². The maximum absolute atomic E-state index is 14.4. The van der Waals surface area contributed by atoms with Crippen molar-refractivity contribution in [2.75, 3.05) is 37.7 Å². The minimum Gasteiger partial charge on any atom is -0.395 e. The van der Waals surface area contributed by atoms with Crippen LogP contribution < -0.4 is 4.90 Å². The minimum absolute atomic E-state index is 0.000166. The molecule has 8 heteroatoms. The molecule has 4 aliphatic rings. The predicted molar refractivity (Wildman–Crippen MR) is 140 cm³/mol. The van der Waals surface area contributed by atoms with E-state index < -0.39 is 29.1 Å². The standard InChI is InChI=1S/C29H37N3O5/c1-5-14-30-15-8-12-28(6-2)21(25(30)34)22-26(35)32(17-18-33)24-27(36)31(16-9-13-29(22,24)37-28)23-19(3)10-7-11-20(23)4/h7-13,21-22,24,33H,5-6,14-18H2,1-4H3/t21-,22+,24?,28+,29+/m1/s1. The second-order valence-corrected chi connectivity index (χ2v) is 10.7. The molecule has 3 amide bonds. The molecule has 4 heterocycles. The Balaban J connectivity index is 1.67. The molecule has 0 radical (unpaired) electrons. The van der Waals surface area contributed by atoms with Crippen molar-refractivity contribution < 1.29 is 24.2 Å². The van der Waals surface area contributed by atoms with Gasteiger partial charge >= 0.3 is 0 Å². The Bertz CT molecular complexity index is 1160. The molecule has 4 aliphatic heterocycles. The van der Waals surface area contributed by atoms with Crippen LogP contribution >= 0.6 is 0 Å². The summed E-state index contributed by atoms with van der Waals surface area (Å²) in [5, 5.41) is 9.90. The van der Waals surface area contributed by atoms with Gasteiger partial charge < -0.3 is 24.5 Å². The maximum Gasteiger partial charge on any atom is 0.253 e. The van der Waals surface area contributed by atoms with E-state index in [0.29, 0.717) is 26.1 Å². The Hall–Kier alpha value is -2.97. The number of ether oxygens (including phenoxy) is 1. The van der Waals surface area contributed by atoms with Gasteiger partial charge in [0.25, 0.3) is 5.91 Å². The highest BCUT2D eigenvalue weighted by molar-refractivity contribution is 6.06. The number of anilines is 1. The van der Waals surface area contributed by atoms with Crippen molar-refractivity contribution in [3.8, 4) is 0 Å². The molecule has 37 heavy (non-hydrogen) atoms. The molecule has 0 aliphatic carbocycles. The molecule has 0 aromatic heterocycles. The summed E-state index contributed by atoms with van der Waals surface area (Å²) in [7, 11) is 0. The van der Waals surface area contributed by atoms with Crippen molar-refractivity contribution in [3.05, 3.63) is 53.6 Å². The van der Waals surface area contributed by atoms with Gasteiger partial charge in [-0.3, -0.25) is 14.4 Å². The summed E-state index contributed by atoms with van der Waals surface area (Å²) >= 11 is 0. The number of rotatable bonds is 6. The molecule has 1 aromatic carbocycles. The van der Waals surface area contributed by atoms with Crippen molar-refractivity contribution in [2.45, 2.75) is 57.8 Å². The van der Waals surface area contributed by atoms with E-state index in [1.807, 2.05) is 70.2 Å². The number of β-amino-alcohol motifs (C(OH)–C–C–N with tert-alkyl or cyclic N) is 1. The second-order valence-electron chi connectivity index (χ2n) is 10.7. The van der Waals surface area contributed by atoms with Crippen LogP contribution in [0.25, 0.3) is 0 Å². The summed E-state index contributed by atoms with van der Waals surface area (Å²) in [5.41, 5.74) is 0.453. The van der Waals surface area contributed by atoms with Gasteiger partial charge in [-0.25, -0.2) is 0 Å². The highest BCUT2D eigenvalue weighted by atomic mass is 16.5. The number of amides is 3. The second kappa shape index (κ2) is 9.40. The topological polar surface area (TPSA) is 90.4 Å². The third kappa shape index (κ3) is 3.60. The number of para-hydroxylation sites is 1. The van der Waals surface area contributed by atoms with Crippen molar-refractivity contribution in [1.29, 1.82) is 0 Å². The highest BCUT2D eigenvalue weighted by Gasteiger charge is 2.75. The number of likely N-dealkylation sites (tertiary alicyclic amines) is 1. The van der Waals surface area contributed by atoms with E-state index in [1.165, 1.54) is 4.90 Å². The summed E-state index contributed by atoms with van der Waals surface area (Å²) in [6.07, 6.45) is 8.98. The van der Waals surface area contributed by atoms with Gasteiger partial charge in [0.1, 0.15) is 11.6 Å². The van der Waals surface area contributed by atoms with E-state index in [4.69, 9.17) is 4.74 Å². The van der Waals surface area contributed by atoms with E-state index in [1.54, 1.807) is 9.80 Å². The predicted octanol–water partition coefficient (Wildman–Crippen LogP) is 2.37. The minimum atomic E-state index is -1.30. The van der Waals surface area contributed by atoms with Crippen molar-refractivity contribution in [1.82, 2.24) is 9.80 Å². The summed E-state index contributed by atoms with van der Waals surface area (Å²) in [5.74, 6) is -2.26. The van der Waals surface area contributed by atoms with Gasteiger partial charge in [0.2, 0.25) is 11.8 Å². The number of hydrogen-bond donors (Lipinski definition) is 1. The Kier molecular flexibility index (Phi) is 6.52. The molecule has 1 unspecified atom stereocenters. The smallest absolute Gasteiger partial charge is 0.253 e. The molecule has 0 saturated carbocycles. The first-order chi connectivity index (χ1) is 17.8. The Morgan fingerprint density at radius 3 is 2.30 bits per heavy atom. The van der Waals surface area contributed by atoms with Crippen LogP contribution in [-0.2, 0) is 19.1 Å². The summed E-state index contributed by atoms with van der Waals surface area (Å²) in [4.78, 5) is 47.6. The molecule has 0 bridgehead atoms. The number of benzene rings is 1. The molecule has 1 N–H and O–H groups in total. The molecule has 1 aromatic rings. The van der Waals surface area contributed by atoms with E-state index in [0.717, 1.165) is 23.2 Å². The third-order valence-corrected chi connectivity index (χ3v) is 8.57. The van der Waals surface area contributed by atoms with Crippen LogP contribution in [0.2, 0.25) is 0 Å². The lowest BCUT2D eigenvalue weighted by Gasteiger charge is -2.38. The SMILES string of the molecule is CCCN1CC=C[C@]2(CC)O[C@]34C=CCN(c5c(C)cccc5C)C(=O)C3N(CCO)C(=O)[C@@H]4[C@@H]2C1=O. The first-order valence-electron chi connectivity index (χ1n) is 13.4. The maximum atomic E-state index is 14.4. The Labute approximate surface area is 218 Å². The molecule has 2 saturated heterocycles. The fraction of sp³-hybridized carbons (Fsp3) is 0.552. The monoisotopic (exact) mass is 507 g/mol. The lowest BCUT2D eigenvalue weighted by atomic mass is 9.73. The van der Waals surface area contributed by atoms with Crippen LogP contribution in [0.1, 0.15) is 37.8 Å². The van der Waals surface area contributed by atoms with Crippen LogP contribution in [0.15, 0.2) is 42.5 Å². The zero-order chi connectivity index (χ0) is 26.5. The van der Waals surface area contributed by atoms with Crippen molar-refractivity contribution >= 4 is 23.4 Å². The van der Waals surface area contributed by atoms with Crippen LogP contribution in [-0.4, -0.2) is 82.7 Å². The number of carbonyl (C=O) groups is 3. The summed E-state index contributed by atoms with van der Waals surface area (Å²) in [6, 6.07) is 4.91. The molecule has 2 fully saturated rings. The largest absolute Gasteiger partial charge is 0.395 e. The first-order valence-corrected chi connectivity index (χ1v) is 13.4. The molecular weight excluding hydrogens is 470 g/mol. The number of carbonyl (C=O) groups excluding carboxylic acids is 3. The van der Waals surface area contributed by atoms with Crippen LogP contribution in [0.4, 0.5) is 5.69 Å². The number of hydrogen-bond acceptors (Lipinski definition) is 5. The van der Waals surface area contributed by atoms with E-state index >= 15 is 0 Å². The number of aliphatic hydroxyl groups excluding tert-OH is 1. The van der Waals surface area contributed by atoms with E-state index in [9.17, 15) is 19.5 Å². The Morgan fingerprint density at radius 1 is 0.946 bits per heavy atom. The number of aliphatic hydroxyl groups is 1. The number of nitrogens with zero attached hydrogens (tertiary/aromatic N) is 3. The Morgan fingerprint density at radius 2 is 1.65 bits per heavy atom. The van der Waals surface area contributed by atoms with Crippen LogP contribution in [0.3, 0.4) is 0 Å². The lowest BCUT2D eigenvalue weighted by molar-refractivity contribution is -0.150. The van der Waals surface area contributed by atoms with Crippen molar-refractivity contribution in [2.24, 2.45) is 11.8 Å². The van der Waals surface area contributed by atoms with Crippen LogP contribution in [0.5, 0.6) is 0 Å². The lowest BCUT2D eigenvalue weighted by Crippen LogP contribution is -2.56. The average Bonchev–Trinajstić information content (AvgIpc) is 3.15. The molecule has 1 spiro atoms. The van der Waals surface area contributed by atoms with Gasteiger partial charge in [-0.2, -0.15) is 0 Å². The van der Waals surface area contributed by atoms with E-state index in [2.05, 4.69) is 0 Å². The zero-order valence-electron chi connectivity index (χ0n) is 22.1. The van der Waals surface area contributed by atoms with Crippen molar-refractivity contribution in [3.63, 3.8) is 0 Å². The van der Waals surface area contributed by atoms with E-state index in [-0.39, 0.29) is 30.9 Å². The number of fused-ring (bicyclic) bond motifs is 2. The summed E-state index contributed by atoms with van der Waals surface area (Å²) < 4.78 is 6.92. The molecule has 198 valence electrons. The first kappa shape index (κ1) is 25.7. The van der Waals surface area contributed by atoms with Gasteiger partial charge in [0.15, 0.2) is 0 Å². The normalized spacial score (nSPS) is 32.9. The fourth-order valence-corrected chi connectivity index (χ4v) is 7.06. The summed E-state index contributed by atoms with van der Waals surface area (Å²) in [6.45, 7) is 9.03. The molecule has 8 nitrogen and oxygen atoms in total. The fourth-order valence-electron chi connectivity index (χ4n) is 7.06. The quantitative estimate of drug-likeness (QED) is 0.597. The molecule has 5 atom stereocenters. The van der Waals surface area contributed by atoms with Crippen LogP contribution in [0, 0.1) is 25.7 Å². The third-order valence-electron chi connectivity index (χ3n) is 8.57. The highest BCUT2D eigenvalue weighted by Crippen LogP contribution is 2.58. The van der Waals surface area contributed by atoms with Gasteiger partial charge in [-0.1, -0.05) is 56.4 Å².